The molecule has 1 fully saturated rings. The Morgan fingerprint density at radius 1 is 1.19 bits per heavy atom. The summed E-state index contributed by atoms with van der Waals surface area (Å²) in [6.45, 7) is 5.35. The first-order valence-corrected chi connectivity index (χ1v) is 9.83. The lowest BCUT2D eigenvalue weighted by atomic mass is 10.1. The van der Waals surface area contributed by atoms with E-state index in [2.05, 4.69) is 57.7 Å². The highest BCUT2D eigenvalue weighted by atomic mass is 16.5. The molecule has 1 saturated heterocycles. The van der Waals surface area contributed by atoms with Crippen molar-refractivity contribution in [2.75, 3.05) is 19.7 Å². The number of benzene rings is 1. The summed E-state index contributed by atoms with van der Waals surface area (Å²) in [5.41, 5.74) is 3.58. The number of rotatable bonds is 4. The second-order valence-electron chi connectivity index (χ2n) is 7.61. The van der Waals surface area contributed by atoms with E-state index in [0.29, 0.717) is 6.61 Å². The third-order valence-electron chi connectivity index (χ3n) is 5.71. The minimum Gasteiger partial charge on any atom is -0.490 e. The average molecular weight is 366 g/mol. The van der Waals surface area contributed by atoms with Crippen LogP contribution in [0.3, 0.4) is 0 Å². The Morgan fingerprint density at radius 2 is 2.07 bits per heavy atom. The highest BCUT2D eigenvalue weighted by Gasteiger charge is 2.23. The fraction of sp³-hybridized carbons (Fsp3) is 0.476. The Kier molecular flexibility index (Phi) is 4.38. The first-order valence-electron chi connectivity index (χ1n) is 9.83. The zero-order valence-electron chi connectivity index (χ0n) is 15.8. The topological polar surface area (TPSA) is 44.5 Å². The quantitative estimate of drug-likeness (QED) is 0.712. The molecule has 27 heavy (non-hydrogen) atoms. The standard InChI is InChI=1S/C21H26N4O2/c1-23-8-7-19-20(23)3-2-4-21(19)27-18-5-9-24(10-6-18)14-16-13-17-15-26-12-11-25(17)22-16/h2-4,7-8,13,18H,5-6,9-12,14-15H2,1H3. The van der Waals surface area contributed by atoms with Crippen molar-refractivity contribution in [3.8, 4) is 5.75 Å². The van der Waals surface area contributed by atoms with E-state index in [9.17, 15) is 0 Å². The number of aromatic nitrogens is 3. The van der Waals surface area contributed by atoms with E-state index in [4.69, 9.17) is 14.6 Å². The van der Waals surface area contributed by atoms with Crippen LogP contribution in [0.1, 0.15) is 24.2 Å². The molecule has 0 radical (unpaired) electrons. The van der Waals surface area contributed by atoms with Gasteiger partial charge in [-0.2, -0.15) is 5.10 Å². The molecule has 2 aliphatic rings. The van der Waals surface area contributed by atoms with Gasteiger partial charge in [0.1, 0.15) is 11.9 Å². The normalized spacial score (nSPS) is 18.7. The average Bonchev–Trinajstić information content (AvgIpc) is 3.27. The van der Waals surface area contributed by atoms with Gasteiger partial charge in [-0.3, -0.25) is 9.58 Å². The lowest BCUT2D eigenvalue weighted by Gasteiger charge is -2.31. The van der Waals surface area contributed by atoms with E-state index in [-0.39, 0.29) is 6.10 Å². The first-order chi connectivity index (χ1) is 13.3. The Morgan fingerprint density at radius 3 is 2.93 bits per heavy atom. The number of fused-ring (bicyclic) bond motifs is 2. The number of aryl methyl sites for hydroxylation is 1. The molecule has 6 heteroatoms. The van der Waals surface area contributed by atoms with Gasteiger partial charge in [-0.05, 0) is 37.1 Å². The lowest BCUT2D eigenvalue weighted by Crippen LogP contribution is -2.37. The van der Waals surface area contributed by atoms with Crippen molar-refractivity contribution in [2.45, 2.75) is 38.6 Å². The zero-order chi connectivity index (χ0) is 18.2. The van der Waals surface area contributed by atoms with Crippen molar-refractivity contribution < 1.29 is 9.47 Å². The van der Waals surface area contributed by atoms with Gasteiger partial charge >= 0.3 is 0 Å². The molecule has 2 aromatic heterocycles. The summed E-state index contributed by atoms with van der Waals surface area (Å²) in [6.07, 6.45) is 4.49. The molecule has 0 bridgehead atoms. The summed E-state index contributed by atoms with van der Waals surface area (Å²) < 4.78 is 16.1. The summed E-state index contributed by atoms with van der Waals surface area (Å²) in [7, 11) is 2.07. The van der Waals surface area contributed by atoms with Crippen LogP contribution in [0.15, 0.2) is 36.5 Å². The Bertz CT molecular complexity index is 913. The maximum absolute atomic E-state index is 6.37. The molecule has 0 spiro atoms. The fourth-order valence-corrected chi connectivity index (χ4v) is 4.20. The van der Waals surface area contributed by atoms with Gasteiger partial charge in [0.15, 0.2) is 0 Å². The Labute approximate surface area is 159 Å². The number of likely N-dealkylation sites (tertiary alicyclic amines) is 1. The van der Waals surface area contributed by atoms with Crippen LogP contribution in [0, 0.1) is 0 Å². The van der Waals surface area contributed by atoms with Crippen molar-refractivity contribution in [1.82, 2.24) is 19.2 Å². The van der Waals surface area contributed by atoms with E-state index in [0.717, 1.165) is 57.1 Å². The monoisotopic (exact) mass is 366 g/mol. The van der Waals surface area contributed by atoms with Gasteiger partial charge in [-0.15, -0.1) is 0 Å². The predicted octanol–water partition coefficient (Wildman–Crippen LogP) is 2.95. The summed E-state index contributed by atoms with van der Waals surface area (Å²) in [5, 5.41) is 5.93. The van der Waals surface area contributed by atoms with Crippen LogP contribution < -0.4 is 4.74 Å². The molecule has 0 amide bonds. The molecule has 0 atom stereocenters. The van der Waals surface area contributed by atoms with Crippen molar-refractivity contribution >= 4 is 10.9 Å². The molecule has 5 rings (SSSR count). The summed E-state index contributed by atoms with van der Waals surface area (Å²) >= 11 is 0. The van der Waals surface area contributed by atoms with Gasteiger partial charge in [0.2, 0.25) is 0 Å². The third-order valence-corrected chi connectivity index (χ3v) is 5.71. The molecule has 3 aromatic rings. The van der Waals surface area contributed by atoms with Crippen LogP contribution in [0.4, 0.5) is 0 Å². The fourth-order valence-electron chi connectivity index (χ4n) is 4.20. The summed E-state index contributed by atoms with van der Waals surface area (Å²) in [6, 6.07) is 10.6. The molecule has 2 aliphatic heterocycles. The highest BCUT2D eigenvalue weighted by molar-refractivity contribution is 5.86. The van der Waals surface area contributed by atoms with Crippen molar-refractivity contribution in [1.29, 1.82) is 0 Å². The number of ether oxygens (including phenoxy) is 2. The predicted molar refractivity (Wildman–Crippen MR) is 104 cm³/mol. The van der Waals surface area contributed by atoms with Crippen LogP contribution in [0.25, 0.3) is 10.9 Å². The zero-order valence-corrected chi connectivity index (χ0v) is 15.8. The maximum atomic E-state index is 6.37. The number of piperidine rings is 1. The molecule has 4 heterocycles. The van der Waals surface area contributed by atoms with E-state index >= 15 is 0 Å². The van der Waals surface area contributed by atoms with Gasteiger partial charge in [-0.1, -0.05) is 6.07 Å². The Balaban J connectivity index is 1.19. The first kappa shape index (κ1) is 16.8. The molecular formula is C21H26N4O2. The van der Waals surface area contributed by atoms with E-state index < -0.39 is 0 Å². The van der Waals surface area contributed by atoms with Gasteiger partial charge in [0, 0.05) is 38.3 Å². The smallest absolute Gasteiger partial charge is 0.129 e. The van der Waals surface area contributed by atoms with Gasteiger partial charge in [0.05, 0.1) is 36.7 Å². The van der Waals surface area contributed by atoms with Crippen molar-refractivity contribution in [3.05, 3.63) is 47.9 Å². The molecule has 0 saturated carbocycles. The van der Waals surface area contributed by atoms with Gasteiger partial charge < -0.3 is 14.0 Å². The second-order valence-corrected chi connectivity index (χ2v) is 7.61. The van der Waals surface area contributed by atoms with Crippen LogP contribution in [0.5, 0.6) is 5.75 Å². The third kappa shape index (κ3) is 3.35. The molecule has 0 N–H and O–H groups in total. The summed E-state index contributed by atoms with van der Waals surface area (Å²) in [4.78, 5) is 2.48. The number of hydrogen-bond donors (Lipinski definition) is 0. The van der Waals surface area contributed by atoms with Crippen LogP contribution in [-0.2, 0) is 31.5 Å². The van der Waals surface area contributed by atoms with Crippen LogP contribution in [-0.4, -0.2) is 45.0 Å². The van der Waals surface area contributed by atoms with Gasteiger partial charge in [0.25, 0.3) is 0 Å². The summed E-state index contributed by atoms with van der Waals surface area (Å²) in [5.74, 6) is 1.01. The molecule has 0 aliphatic carbocycles. The van der Waals surface area contributed by atoms with Gasteiger partial charge in [-0.25, -0.2) is 0 Å². The molecule has 142 valence electrons. The number of nitrogens with zero attached hydrogens (tertiary/aromatic N) is 4. The van der Waals surface area contributed by atoms with E-state index in [1.54, 1.807) is 0 Å². The van der Waals surface area contributed by atoms with Crippen LogP contribution in [0.2, 0.25) is 0 Å². The lowest BCUT2D eigenvalue weighted by molar-refractivity contribution is 0.0797. The van der Waals surface area contributed by atoms with Crippen molar-refractivity contribution in [2.24, 2.45) is 7.05 Å². The minimum atomic E-state index is 0.288. The van der Waals surface area contributed by atoms with E-state index in [1.165, 1.54) is 16.6 Å². The molecule has 6 nitrogen and oxygen atoms in total. The number of hydrogen-bond acceptors (Lipinski definition) is 4. The molecular weight excluding hydrogens is 340 g/mol. The van der Waals surface area contributed by atoms with Crippen LogP contribution >= 0.6 is 0 Å². The van der Waals surface area contributed by atoms with E-state index in [1.807, 2.05) is 0 Å². The second kappa shape index (κ2) is 7.02. The minimum absolute atomic E-state index is 0.288. The Hall–Kier alpha value is -2.31. The van der Waals surface area contributed by atoms with Crippen molar-refractivity contribution in [3.63, 3.8) is 0 Å². The molecule has 0 unspecified atom stereocenters. The molecule has 1 aromatic carbocycles. The maximum Gasteiger partial charge on any atom is 0.129 e. The SMILES string of the molecule is Cn1ccc2c(OC3CCN(Cc4cc5n(n4)CCOC5)CC3)cccc21. The highest BCUT2D eigenvalue weighted by Crippen LogP contribution is 2.29. The largest absolute Gasteiger partial charge is 0.490 e.